The standard InChI is InChI=1S/C24H19F3N2O/c1-3-16-8-10-17(11-9-16)22-28-23(30-29-22)18-12-13-19(15(2)14-18)20-6-4-5-7-21(20)24(25,26)27/h4-14H,3H2,1-2H3. The predicted molar refractivity (Wildman–Crippen MR) is 110 cm³/mol. The van der Waals surface area contributed by atoms with E-state index in [2.05, 4.69) is 17.1 Å². The van der Waals surface area contributed by atoms with Gasteiger partial charge in [-0.15, -0.1) is 0 Å². The average Bonchev–Trinajstić information content (AvgIpc) is 3.23. The second-order valence-corrected chi connectivity index (χ2v) is 7.05. The van der Waals surface area contributed by atoms with Gasteiger partial charge in [-0.1, -0.05) is 60.6 Å². The fourth-order valence-electron chi connectivity index (χ4n) is 3.41. The molecule has 0 N–H and O–H groups in total. The summed E-state index contributed by atoms with van der Waals surface area (Å²) in [4.78, 5) is 4.45. The molecule has 4 aromatic rings. The Morgan fingerprint density at radius 3 is 2.23 bits per heavy atom. The number of aromatic nitrogens is 2. The second kappa shape index (κ2) is 7.78. The van der Waals surface area contributed by atoms with Gasteiger partial charge in [-0.2, -0.15) is 18.2 Å². The van der Waals surface area contributed by atoms with Gasteiger partial charge in [0, 0.05) is 11.1 Å². The molecule has 3 nitrogen and oxygen atoms in total. The van der Waals surface area contributed by atoms with Crippen LogP contribution in [0.25, 0.3) is 34.0 Å². The molecule has 0 unspecified atom stereocenters. The van der Waals surface area contributed by atoms with Crippen molar-refractivity contribution in [2.75, 3.05) is 0 Å². The molecule has 1 aromatic heterocycles. The summed E-state index contributed by atoms with van der Waals surface area (Å²) in [7, 11) is 0. The van der Waals surface area contributed by atoms with Crippen molar-refractivity contribution in [1.82, 2.24) is 10.1 Å². The topological polar surface area (TPSA) is 38.9 Å². The number of hydrogen-bond acceptors (Lipinski definition) is 3. The van der Waals surface area contributed by atoms with Crippen molar-refractivity contribution in [3.05, 3.63) is 83.4 Å². The van der Waals surface area contributed by atoms with E-state index in [1.807, 2.05) is 24.3 Å². The highest BCUT2D eigenvalue weighted by molar-refractivity contribution is 5.74. The van der Waals surface area contributed by atoms with Gasteiger partial charge in [0.05, 0.1) is 5.56 Å². The molecule has 6 heteroatoms. The fraction of sp³-hybridized carbons (Fsp3) is 0.167. The molecule has 3 aromatic carbocycles. The lowest BCUT2D eigenvalue weighted by Gasteiger charge is -2.14. The maximum Gasteiger partial charge on any atom is 0.417 e. The van der Waals surface area contributed by atoms with Crippen LogP contribution in [-0.2, 0) is 12.6 Å². The van der Waals surface area contributed by atoms with Gasteiger partial charge < -0.3 is 4.52 Å². The molecule has 0 bridgehead atoms. The van der Waals surface area contributed by atoms with Gasteiger partial charge in [0.2, 0.25) is 5.82 Å². The first-order chi connectivity index (χ1) is 14.4. The smallest absolute Gasteiger partial charge is 0.334 e. The molecule has 0 aliphatic carbocycles. The van der Waals surface area contributed by atoms with Gasteiger partial charge in [-0.05, 0) is 53.8 Å². The van der Waals surface area contributed by atoms with Crippen LogP contribution in [0.2, 0.25) is 0 Å². The van der Waals surface area contributed by atoms with Gasteiger partial charge in [0.15, 0.2) is 0 Å². The molecule has 152 valence electrons. The summed E-state index contributed by atoms with van der Waals surface area (Å²) < 4.78 is 45.6. The van der Waals surface area contributed by atoms with Crippen molar-refractivity contribution in [2.24, 2.45) is 0 Å². The van der Waals surface area contributed by atoms with Gasteiger partial charge >= 0.3 is 6.18 Å². The monoisotopic (exact) mass is 408 g/mol. The summed E-state index contributed by atoms with van der Waals surface area (Å²) in [5, 5.41) is 4.04. The third kappa shape index (κ3) is 3.85. The van der Waals surface area contributed by atoms with E-state index in [0.29, 0.717) is 28.4 Å². The van der Waals surface area contributed by atoms with E-state index < -0.39 is 11.7 Å². The number of benzene rings is 3. The van der Waals surface area contributed by atoms with Gasteiger partial charge in [0.25, 0.3) is 5.89 Å². The first-order valence-electron chi connectivity index (χ1n) is 9.57. The van der Waals surface area contributed by atoms with Crippen LogP contribution >= 0.6 is 0 Å². The van der Waals surface area contributed by atoms with E-state index in [0.717, 1.165) is 18.1 Å². The Kier molecular flexibility index (Phi) is 5.16. The Bertz CT molecular complexity index is 1180. The van der Waals surface area contributed by atoms with Crippen LogP contribution < -0.4 is 0 Å². The van der Waals surface area contributed by atoms with Crippen LogP contribution in [-0.4, -0.2) is 10.1 Å². The van der Waals surface area contributed by atoms with E-state index in [4.69, 9.17) is 4.52 Å². The van der Waals surface area contributed by atoms with E-state index in [9.17, 15) is 13.2 Å². The SMILES string of the molecule is CCc1ccc(-c2noc(-c3ccc(-c4ccccc4C(F)(F)F)c(C)c3)n2)cc1. The summed E-state index contributed by atoms with van der Waals surface area (Å²) in [6, 6.07) is 18.6. The lowest BCUT2D eigenvalue weighted by molar-refractivity contribution is -0.137. The van der Waals surface area contributed by atoms with E-state index in [-0.39, 0.29) is 5.56 Å². The summed E-state index contributed by atoms with van der Waals surface area (Å²) in [5.74, 6) is 0.792. The molecule has 0 aliphatic heterocycles. The highest BCUT2D eigenvalue weighted by Gasteiger charge is 2.33. The van der Waals surface area contributed by atoms with Crippen LogP contribution in [0, 0.1) is 6.92 Å². The number of rotatable bonds is 4. The van der Waals surface area contributed by atoms with E-state index >= 15 is 0 Å². The fourth-order valence-corrected chi connectivity index (χ4v) is 3.41. The van der Waals surface area contributed by atoms with Crippen LogP contribution in [0.15, 0.2) is 71.3 Å². The van der Waals surface area contributed by atoms with Crippen molar-refractivity contribution in [3.63, 3.8) is 0 Å². The zero-order chi connectivity index (χ0) is 21.3. The highest BCUT2D eigenvalue weighted by Crippen LogP contribution is 2.38. The van der Waals surface area contributed by atoms with Crippen LogP contribution in [0.3, 0.4) is 0 Å². The molecule has 4 rings (SSSR count). The summed E-state index contributed by atoms with van der Waals surface area (Å²) in [6.07, 6.45) is -3.47. The molecular formula is C24H19F3N2O. The molecule has 0 atom stereocenters. The first-order valence-corrected chi connectivity index (χ1v) is 9.57. The largest absolute Gasteiger partial charge is 0.417 e. The zero-order valence-corrected chi connectivity index (χ0v) is 16.5. The molecule has 0 radical (unpaired) electrons. The van der Waals surface area contributed by atoms with E-state index in [1.165, 1.54) is 17.7 Å². The Morgan fingerprint density at radius 1 is 0.867 bits per heavy atom. The summed E-state index contributed by atoms with van der Waals surface area (Å²) in [6.45, 7) is 3.85. The van der Waals surface area contributed by atoms with Gasteiger partial charge in [0.1, 0.15) is 0 Å². The summed E-state index contributed by atoms with van der Waals surface area (Å²) >= 11 is 0. The Hall–Kier alpha value is -3.41. The molecule has 0 spiro atoms. The minimum Gasteiger partial charge on any atom is -0.334 e. The first kappa shape index (κ1) is 19.9. The third-order valence-electron chi connectivity index (χ3n) is 5.04. The maximum absolute atomic E-state index is 13.4. The number of hydrogen-bond donors (Lipinski definition) is 0. The van der Waals surface area contributed by atoms with E-state index in [1.54, 1.807) is 31.2 Å². The minimum absolute atomic E-state index is 0.149. The minimum atomic E-state index is -4.42. The van der Waals surface area contributed by atoms with Crippen LogP contribution in [0.4, 0.5) is 13.2 Å². The summed E-state index contributed by atoms with van der Waals surface area (Å²) in [5.41, 5.74) is 3.41. The molecule has 1 heterocycles. The molecular weight excluding hydrogens is 389 g/mol. The molecule has 0 saturated carbocycles. The number of aryl methyl sites for hydroxylation is 2. The van der Waals surface area contributed by atoms with Crippen molar-refractivity contribution in [3.8, 4) is 34.0 Å². The average molecular weight is 408 g/mol. The molecule has 0 aliphatic rings. The van der Waals surface area contributed by atoms with Crippen molar-refractivity contribution in [2.45, 2.75) is 26.4 Å². The number of halogens is 3. The third-order valence-corrected chi connectivity index (χ3v) is 5.04. The Balaban J connectivity index is 1.67. The normalized spacial score (nSPS) is 11.6. The lowest BCUT2D eigenvalue weighted by Crippen LogP contribution is -2.07. The quantitative estimate of drug-likeness (QED) is 0.366. The van der Waals surface area contributed by atoms with Crippen molar-refractivity contribution < 1.29 is 17.7 Å². The molecule has 0 fully saturated rings. The van der Waals surface area contributed by atoms with Crippen LogP contribution in [0.1, 0.15) is 23.6 Å². The van der Waals surface area contributed by atoms with Gasteiger partial charge in [-0.25, -0.2) is 0 Å². The molecule has 30 heavy (non-hydrogen) atoms. The van der Waals surface area contributed by atoms with Gasteiger partial charge in [-0.3, -0.25) is 0 Å². The number of alkyl halides is 3. The Labute approximate surface area is 172 Å². The predicted octanol–water partition coefficient (Wildman–Crippen LogP) is 6.96. The van der Waals surface area contributed by atoms with Crippen LogP contribution in [0.5, 0.6) is 0 Å². The lowest BCUT2D eigenvalue weighted by atomic mass is 9.94. The molecule has 0 amide bonds. The Morgan fingerprint density at radius 2 is 1.57 bits per heavy atom. The second-order valence-electron chi connectivity index (χ2n) is 7.05. The zero-order valence-electron chi connectivity index (χ0n) is 16.5. The number of nitrogens with zero attached hydrogens (tertiary/aromatic N) is 2. The maximum atomic E-state index is 13.4. The molecule has 0 saturated heterocycles. The van der Waals surface area contributed by atoms with Crippen molar-refractivity contribution in [1.29, 1.82) is 0 Å². The van der Waals surface area contributed by atoms with Crippen molar-refractivity contribution >= 4 is 0 Å². The highest BCUT2D eigenvalue weighted by atomic mass is 19.4.